The Morgan fingerprint density at radius 3 is 2.26 bits per heavy atom. The summed E-state index contributed by atoms with van der Waals surface area (Å²) in [5.74, 6) is 2.58. The van der Waals surface area contributed by atoms with Crippen molar-refractivity contribution in [3.05, 3.63) is 95.1 Å². The Balaban J connectivity index is 1.04. The molecule has 0 radical (unpaired) electrons. The molecular weight excluding hydrogens is 580 g/mol. The van der Waals surface area contributed by atoms with Crippen molar-refractivity contribution in [1.29, 1.82) is 0 Å². The van der Waals surface area contributed by atoms with Crippen LogP contribution in [0.15, 0.2) is 72.8 Å². The van der Waals surface area contributed by atoms with E-state index in [4.69, 9.17) is 9.47 Å². The van der Waals surface area contributed by atoms with Crippen molar-refractivity contribution < 1.29 is 14.6 Å². The minimum atomic E-state index is -0.765. The van der Waals surface area contributed by atoms with Crippen LogP contribution in [-0.4, -0.2) is 72.0 Å². The topological polar surface area (TPSA) is 45.2 Å². The number of hydrogen-bond donors (Lipinski definition) is 1. The van der Waals surface area contributed by atoms with Gasteiger partial charge in [0.15, 0.2) is 11.5 Å². The molecule has 5 atom stereocenters. The third kappa shape index (κ3) is 5.70. The molecule has 5 aliphatic rings. The number of benzene rings is 3. The van der Waals surface area contributed by atoms with E-state index in [-0.39, 0.29) is 23.6 Å². The Labute approximate surface area is 282 Å². The van der Waals surface area contributed by atoms with Crippen LogP contribution >= 0.6 is 0 Å². The zero-order chi connectivity index (χ0) is 31.8. The number of piperidine rings is 1. The molecule has 2 aliphatic heterocycles. The number of unbranched alkanes of at least 4 members (excludes halogenated alkanes) is 3. The van der Waals surface area contributed by atoms with Gasteiger partial charge < -0.3 is 14.6 Å². The predicted molar refractivity (Wildman–Crippen MR) is 188 cm³/mol. The fourth-order valence-corrected chi connectivity index (χ4v) is 10.2. The van der Waals surface area contributed by atoms with Crippen molar-refractivity contribution >= 4 is 0 Å². The number of aryl methyl sites for hydroxylation is 2. The second-order valence-corrected chi connectivity index (χ2v) is 15.4. The number of rotatable bonds is 15. The van der Waals surface area contributed by atoms with Crippen LogP contribution in [0, 0.1) is 5.92 Å². The van der Waals surface area contributed by atoms with Gasteiger partial charge in [0, 0.05) is 24.2 Å². The molecular formula is C42H54N2O3. The van der Waals surface area contributed by atoms with E-state index in [1.165, 1.54) is 67.2 Å². The van der Waals surface area contributed by atoms with Crippen LogP contribution in [0.2, 0.25) is 0 Å². The number of hydrogen-bond acceptors (Lipinski definition) is 5. The smallest absolute Gasteiger partial charge is 0.165 e. The van der Waals surface area contributed by atoms with E-state index in [1.807, 2.05) is 0 Å². The highest BCUT2D eigenvalue weighted by molar-refractivity contribution is 5.63. The van der Waals surface area contributed by atoms with E-state index in [0.717, 1.165) is 82.1 Å². The van der Waals surface area contributed by atoms with E-state index in [0.29, 0.717) is 0 Å². The molecule has 0 amide bonds. The van der Waals surface area contributed by atoms with Gasteiger partial charge in [-0.2, -0.15) is 0 Å². The van der Waals surface area contributed by atoms with Crippen LogP contribution in [0.3, 0.4) is 0 Å². The average molecular weight is 635 g/mol. The Morgan fingerprint density at radius 2 is 1.53 bits per heavy atom. The molecule has 1 spiro atoms. The van der Waals surface area contributed by atoms with Gasteiger partial charge in [-0.05, 0) is 119 Å². The molecule has 2 unspecified atom stereocenters. The Hall–Kier alpha value is -2.86. The molecule has 3 aliphatic carbocycles. The normalized spacial score (nSPS) is 29.0. The first kappa shape index (κ1) is 31.4. The highest BCUT2D eigenvalue weighted by Gasteiger charge is 2.73. The summed E-state index contributed by atoms with van der Waals surface area (Å²) in [6, 6.07) is 26.7. The second-order valence-electron chi connectivity index (χ2n) is 15.4. The van der Waals surface area contributed by atoms with Crippen LogP contribution in [-0.2, 0) is 24.7 Å². The van der Waals surface area contributed by atoms with Gasteiger partial charge in [-0.25, -0.2) is 0 Å². The van der Waals surface area contributed by atoms with Crippen LogP contribution < -0.4 is 9.47 Å². The first-order valence-electron chi connectivity index (χ1n) is 18.8. The molecule has 5 nitrogen and oxygen atoms in total. The summed E-state index contributed by atoms with van der Waals surface area (Å²) < 4.78 is 13.1. The Kier molecular flexibility index (Phi) is 8.83. The molecule has 8 rings (SSSR count). The summed E-state index contributed by atoms with van der Waals surface area (Å²) >= 11 is 0. The van der Waals surface area contributed by atoms with Gasteiger partial charge in [-0.3, -0.25) is 9.80 Å². The van der Waals surface area contributed by atoms with Crippen LogP contribution in [0.4, 0.5) is 0 Å². The van der Waals surface area contributed by atoms with Crippen molar-refractivity contribution in [2.75, 3.05) is 33.3 Å². The number of methoxy groups -OCH3 is 1. The molecule has 3 aromatic rings. The first-order chi connectivity index (χ1) is 23.1. The lowest BCUT2D eigenvalue weighted by molar-refractivity contribution is -0.200. The minimum absolute atomic E-state index is 0.0491. The number of likely N-dealkylation sites (tertiary alicyclic amines) is 1. The number of ether oxygens (including phenoxy) is 2. The zero-order valence-electron chi connectivity index (χ0n) is 28.4. The van der Waals surface area contributed by atoms with Crippen molar-refractivity contribution in [3.8, 4) is 11.5 Å². The van der Waals surface area contributed by atoms with E-state index in [1.54, 1.807) is 7.11 Å². The molecule has 1 N–H and O–H groups in total. The average Bonchev–Trinajstić information content (AvgIpc) is 3.85. The van der Waals surface area contributed by atoms with Gasteiger partial charge >= 0.3 is 0 Å². The maximum atomic E-state index is 13.1. The summed E-state index contributed by atoms with van der Waals surface area (Å²) in [5, 5.41) is 13.1. The molecule has 2 bridgehead atoms. The van der Waals surface area contributed by atoms with Gasteiger partial charge in [-0.15, -0.1) is 0 Å². The summed E-state index contributed by atoms with van der Waals surface area (Å²) in [6.07, 6.45) is 14.8. The molecule has 2 saturated carbocycles. The standard InChI is InChI=1S/C42H54N2O3/c1-46-36-22-21-34-29-37-42(45)24-23-35(40-41(42,38(34)39(36)47-40)25-28-44(37)30-33-19-20-33)43(27-12-18-32-16-9-5-10-17-32)26-11-3-2-6-13-31-14-7-4-8-15-31/h4-5,7-10,14-17,21-22,33,35,37,40,45H,2-3,6,11-13,18-20,23-30H2,1H3/t35?,37-,40?,41+,42-/m1/s1. The third-order valence-electron chi connectivity index (χ3n) is 12.7. The molecule has 250 valence electrons. The van der Waals surface area contributed by atoms with Gasteiger partial charge in [0.1, 0.15) is 6.10 Å². The van der Waals surface area contributed by atoms with Crippen molar-refractivity contribution in [3.63, 3.8) is 0 Å². The van der Waals surface area contributed by atoms with Crippen molar-refractivity contribution in [1.82, 2.24) is 9.80 Å². The van der Waals surface area contributed by atoms with Crippen molar-refractivity contribution in [2.24, 2.45) is 5.92 Å². The van der Waals surface area contributed by atoms with Crippen LogP contribution in [0.5, 0.6) is 11.5 Å². The third-order valence-corrected chi connectivity index (χ3v) is 12.7. The largest absolute Gasteiger partial charge is 0.493 e. The van der Waals surface area contributed by atoms with Crippen LogP contribution in [0.25, 0.3) is 0 Å². The molecule has 0 aromatic heterocycles. The van der Waals surface area contributed by atoms with E-state index in [9.17, 15) is 5.11 Å². The highest BCUT2D eigenvalue weighted by atomic mass is 16.5. The number of aliphatic hydroxyl groups is 1. The van der Waals surface area contributed by atoms with Crippen molar-refractivity contribution in [2.45, 2.75) is 113 Å². The maximum Gasteiger partial charge on any atom is 0.165 e. The molecule has 1 saturated heterocycles. The van der Waals surface area contributed by atoms with Gasteiger partial charge in [0.05, 0.1) is 18.1 Å². The summed E-state index contributed by atoms with van der Waals surface area (Å²) in [5.41, 5.74) is 4.41. The fraction of sp³-hybridized carbons (Fsp3) is 0.571. The molecule has 47 heavy (non-hydrogen) atoms. The maximum absolute atomic E-state index is 13.1. The van der Waals surface area contributed by atoms with Crippen LogP contribution in [0.1, 0.15) is 86.5 Å². The quantitative estimate of drug-likeness (QED) is 0.177. The first-order valence-corrected chi connectivity index (χ1v) is 18.8. The Morgan fingerprint density at radius 1 is 0.830 bits per heavy atom. The highest BCUT2D eigenvalue weighted by Crippen LogP contribution is 2.66. The molecule has 3 aromatic carbocycles. The SMILES string of the molecule is COc1ccc2c3c1OC1C(N(CCCCCCc4ccccc4)CCCc4ccccc4)CC[C@@]4(O)[C@@H](C2)N(CC2CC2)CC[C@]314. The monoisotopic (exact) mass is 634 g/mol. The summed E-state index contributed by atoms with van der Waals surface area (Å²) in [4.78, 5) is 5.47. The van der Waals surface area contributed by atoms with Gasteiger partial charge in [0.2, 0.25) is 0 Å². The number of nitrogens with zero attached hydrogens (tertiary/aromatic N) is 2. The fourth-order valence-electron chi connectivity index (χ4n) is 10.2. The molecule has 3 fully saturated rings. The van der Waals surface area contributed by atoms with E-state index < -0.39 is 5.60 Å². The lowest BCUT2D eigenvalue weighted by atomic mass is 9.48. The minimum Gasteiger partial charge on any atom is -0.493 e. The predicted octanol–water partition coefficient (Wildman–Crippen LogP) is 7.37. The summed E-state index contributed by atoms with van der Waals surface area (Å²) in [6.45, 7) is 4.36. The lowest BCUT2D eigenvalue weighted by Crippen LogP contribution is -2.78. The second kappa shape index (κ2) is 13.2. The Bertz CT molecular complexity index is 1510. The van der Waals surface area contributed by atoms with E-state index >= 15 is 0 Å². The lowest BCUT2D eigenvalue weighted by Gasteiger charge is -2.65. The van der Waals surface area contributed by atoms with Gasteiger partial charge in [-0.1, -0.05) is 79.6 Å². The molecule has 5 heteroatoms. The van der Waals surface area contributed by atoms with E-state index in [2.05, 4.69) is 82.6 Å². The van der Waals surface area contributed by atoms with Gasteiger partial charge in [0.25, 0.3) is 0 Å². The molecule has 2 heterocycles. The zero-order valence-corrected chi connectivity index (χ0v) is 28.4. The summed E-state index contributed by atoms with van der Waals surface area (Å²) in [7, 11) is 1.77.